The Hall–Kier alpha value is -1.56. The molecule has 0 bridgehead atoms. The maximum absolute atomic E-state index is 12.8. The summed E-state index contributed by atoms with van der Waals surface area (Å²) in [6.07, 6.45) is 0.973. The molecule has 0 aliphatic carbocycles. The molecule has 1 heterocycles. The SMILES string of the molecule is Cl.O=C(c1ccccc1Oc1cccc(Br)c1)N1CCCNCC1. The van der Waals surface area contributed by atoms with Crippen LogP contribution in [0.25, 0.3) is 0 Å². The summed E-state index contributed by atoms with van der Waals surface area (Å²) in [5, 5.41) is 3.31. The Morgan fingerprint density at radius 3 is 2.75 bits per heavy atom. The molecule has 0 saturated carbocycles. The van der Waals surface area contributed by atoms with Crippen LogP contribution in [0.2, 0.25) is 0 Å². The van der Waals surface area contributed by atoms with Crippen LogP contribution in [0.1, 0.15) is 16.8 Å². The van der Waals surface area contributed by atoms with Crippen LogP contribution in [0, 0.1) is 0 Å². The summed E-state index contributed by atoms with van der Waals surface area (Å²) in [7, 11) is 0. The van der Waals surface area contributed by atoms with Crippen LogP contribution in [-0.2, 0) is 0 Å². The number of nitrogens with one attached hydrogen (secondary N) is 1. The molecular weight excluding hydrogens is 392 g/mol. The van der Waals surface area contributed by atoms with Gasteiger partial charge in [0.15, 0.2) is 0 Å². The van der Waals surface area contributed by atoms with Gasteiger partial charge >= 0.3 is 0 Å². The third-order valence-electron chi connectivity index (χ3n) is 3.77. The van der Waals surface area contributed by atoms with Gasteiger partial charge in [-0.15, -0.1) is 12.4 Å². The van der Waals surface area contributed by atoms with Gasteiger partial charge in [-0.05, 0) is 43.3 Å². The van der Waals surface area contributed by atoms with Crippen LogP contribution < -0.4 is 10.1 Å². The van der Waals surface area contributed by atoms with E-state index in [0.29, 0.717) is 17.1 Å². The minimum Gasteiger partial charge on any atom is -0.456 e. The molecule has 24 heavy (non-hydrogen) atoms. The fraction of sp³-hybridized carbons (Fsp3) is 0.278. The molecule has 0 unspecified atom stereocenters. The van der Waals surface area contributed by atoms with Gasteiger partial charge < -0.3 is 15.0 Å². The third kappa shape index (κ3) is 4.72. The van der Waals surface area contributed by atoms with E-state index in [-0.39, 0.29) is 18.3 Å². The van der Waals surface area contributed by atoms with Gasteiger partial charge in [-0.25, -0.2) is 0 Å². The Morgan fingerprint density at radius 2 is 1.92 bits per heavy atom. The number of ether oxygens (including phenoxy) is 1. The smallest absolute Gasteiger partial charge is 0.257 e. The molecule has 0 aromatic heterocycles. The monoisotopic (exact) mass is 410 g/mol. The van der Waals surface area contributed by atoms with Gasteiger partial charge in [0, 0.05) is 24.1 Å². The summed E-state index contributed by atoms with van der Waals surface area (Å²) in [4.78, 5) is 14.7. The number of amides is 1. The van der Waals surface area contributed by atoms with Gasteiger partial charge in [-0.1, -0.05) is 34.1 Å². The molecule has 1 fully saturated rings. The molecule has 0 spiro atoms. The summed E-state index contributed by atoms with van der Waals surface area (Å²) >= 11 is 3.43. The van der Waals surface area contributed by atoms with Gasteiger partial charge in [0.1, 0.15) is 11.5 Å². The van der Waals surface area contributed by atoms with Crippen molar-refractivity contribution in [3.8, 4) is 11.5 Å². The van der Waals surface area contributed by atoms with Crippen molar-refractivity contribution in [2.24, 2.45) is 0 Å². The zero-order chi connectivity index (χ0) is 16.1. The third-order valence-corrected chi connectivity index (χ3v) is 4.26. The predicted molar refractivity (Wildman–Crippen MR) is 101 cm³/mol. The number of hydrogen-bond acceptors (Lipinski definition) is 3. The second-order valence-electron chi connectivity index (χ2n) is 5.45. The van der Waals surface area contributed by atoms with Gasteiger partial charge in [-0.2, -0.15) is 0 Å². The van der Waals surface area contributed by atoms with E-state index in [0.717, 1.165) is 37.1 Å². The second-order valence-corrected chi connectivity index (χ2v) is 6.37. The standard InChI is InChI=1S/C18H19BrN2O2.ClH/c19-14-5-3-6-15(13-14)23-17-8-2-1-7-16(17)18(22)21-11-4-9-20-10-12-21;/h1-3,5-8,13,20H,4,9-12H2;1H. The van der Waals surface area contributed by atoms with Crippen LogP contribution >= 0.6 is 28.3 Å². The van der Waals surface area contributed by atoms with Crippen molar-refractivity contribution in [2.45, 2.75) is 6.42 Å². The van der Waals surface area contributed by atoms with E-state index in [2.05, 4.69) is 21.2 Å². The minimum absolute atomic E-state index is 0. The van der Waals surface area contributed by atoms with E-state index >= 15 is 0 Å². The van der Waals surface area contributed by atoms with E-state index in [1.165, 1.54) is 0 Å². The van der Waals surface area contributed by atoms with E-state index in [9.17, 15) is 4.79 Å². The van der Waals surface area contributed by atoms with Gasteiger partial charge in [0.2, 0.25) is 0 Å². The average Bonchev–Trinajstić information content (AvgIpc) is 2.84. The zero-order valence-corrected chi connectivity index (χ0v) is 15.6. The van der Waals surface area contributed by atoms with Crippen LogP contribution in [0.4, 0.5) is 0 Å². The normalized spacial score (nSPS) is 14.5. The van der Waals surface area contributed by atoms with Crippen LogP contribution in [0.15, 0.2) is 53.0 Å². The van der Waals surface area contributed by atoms with Crippen molar-refractivity contribution in [1.29, 1.82) is 0 Å². The first-order chi connectivity index (χ1) is 11.2. The lowest BCUT2D eigenvalue weighted by Crippen LogP contribution is -2.34. The Labute approximate surface area is 156 Å². The first-order valence-electron chi connectivity index (χ1n) is 7.76. The van der Waals surface area contributed by atoms with Crippen molar-refractivity contribution >= 4 is 34.2 Å². The minimum atomic E-state index is 0. The van der Waals surface area contributed by atoms with Gasteiger partial charge in [0.25, 0.3) is 5.91 Å². The molecule has 3 rings (SSSR count). The number of nitrogens with zero attached hydrogens (tertiary/aromatic N) is 1. The summed E-state index contributed by atoms with van der Waals surface area (Å²) in [5.41, 5.74) is 0.606. The van der Waals surface area contributed by atoms with Crippen molar-refractivity contribution in [3.05, 3.63) is 58.6 Å². The molecule has 0 radical (unpaired) electrons. The highest BCUT2D eigenvalue weighted by molar-refractivity contribution is 9.10. The predicted octanol–water partition coefficient (Wildman–Crippen LogP) is 4.10. The first kappa shape index (κ1) is 18.8. The number of hydrogen-bond donors (Lipinski definition) is 1. The molecule has 4 nitrogen and oxygen atoms in total. The zero-order valence-electron chi connectivity index (χ0n) is 13.2. The molecular formula is C18H20BrClN2O2. The van der Waals surface area contributed by atoms with E-state index in [1.807, 2.05) is 53.4 Å². The second kappa shape index (κ2) is 9.06. The number of halogens is 2. The van der Waals surface area contributed by atoms with Crippen molar-refractivity contribution in [3.63, 3.8) is 0 Å². The molecule has 6 heteroatoms. The Balaban J connectivity index is 0.00000208. The largest absolute Gasteiger partial charge is 0.456 e. The highest BCUT2D eigenvalue weighted by atomic mass is 79.9. The van der Waals surface area contributed by atoms with Crippen LogP contribution in [0.5, 0.6) is 11.5 Å². The fourth-order valence-corrected chi connectivity index (χ4v) is 2.99. The first-order valence-corrected chi connectivity index (χ1v) is 8.56. The Bertz CT molecular complexity index is 688. The lowest BCUT2D eigenvalue weighted by Gasteiger charge is -2.21. The molecule has 2 aromatic rings. The number of carbonyl (C=O) groups excluding carboxylic acids is 1. The topological polar surface area (TPSA) is 41.6 Å². The number of benzene rings is 2. The maximum Gasteiger partial charge on any atom is 0.257 e. The van der Waals surface area contributed by atoms with Crippen molar-refractivity contribution in [1.82, 2.24) is 10.2 Å². The highest BCUT2D eigenvalue weighted by Crippen LogP contribution is 2.28. The molecule has 1 saturated heterocycles. The number of rotatable bonds is 3. The summed E-state index contributed by atoms with van der Waals surface area (Å²) in [6.45, 7) is 3.29. The molecule has 2 aromatic carbocycles. The van der Waals surface area contributed by atoms with E-state index in [1.54, 1.807) is 0 Å². The summed E-state index contributed by atoms with van der Waals surface area (Å²) in [6, 6.07) is 15.0. The van der Waals surface area contributed by atoms with E-state index < -0.39 is 0 Å². The molecule has 1 aliphatic heterocycles. The van der Waals surface area contributed by atoms with Crippen molar-refractivity contribution < 1.29 is 9.53 Å². The molecule has 128 valence electrons. The summed E-state index contributed by atoms with van der Waals surface area (Å²) < 4.78 is 6.88. The summed E-state index contributed by atoms with van der Waals surface area (Å²) in [5.74, 6) is 1.32. The van der Waals surface area contributed by atoms with Gasteiger partial charge in [-0.3, -0.25) is 4.79 Å². The number of para-hydroxylation sites is 1. The van der Waals surface area contributed by atoms with E-state index in [4.69, 9.17) is 4.74 Å². The van der Waals surface area contributed by atoms with Crippen LogP contribution in [0.3, 0.4) is 0 Å². The Morgan fingerprint density at radius 1 is 1.08 bits per heavy atom. The van der Waals surface area contributed by atoms with Gasteiger partial charge in [0.05, 0.1) is 5.56 Å². The van der Waals surface area contributed by atoms with Crippen LogP contribution in [-0.4, -0.2) is 37.0 Å². The molecule has 1 N–H and O–H groups in total. The molecule has 0 atom stereocenters. The number of carbonyl (C=O) groups is 1. The lowest BCUT2D eigenvalue weighted by molar-refractivity contribution is 0.0764. The quantitative estimate of drug-likeness (QED) is 0.827. The van der Waals surface area contributed by atoms with Crippen molar-refractivity contribution in [2.75, 3.05) is 26.2 Å². The fourth-order valence-electron chi connectivity index (χ4n) is 2.61. The highest BCUT2D eigenvalue weighted by Gasteiger charge is 2.20. The molecule has 1 aliphatic rings. The average molecular weight is 412 g/mol. The lowest BCUT2D eigenvalue weighted by atomic mass is 10.1. The molecule has 1 amide bonds. The Kier molecular flexibility index (Phi) is 7.09. The maximum atomic E-state index is 12.8.